The van der Waals surface area contributed by atoms with Gasteiger partial charge in [0.1, 0.15) is 0 Å². The quantitative estimate of drug-likeness (QED) is 0.767. The van der Waals surface area contributed by atoms with Gasteiger partial charge in [-0.2, -0.15) is 0 Å². The smallest absolute Gasteiger partial charge is 0.335 e. The lowest BCUT2D eigenvalue weighted by molar-refractivity contribution is 0.0697. The number of aryl methyl sites for hydroxylation is 1. The van der Waals surface area contributed by atoms with Crippen molar-refractivity contribution in [3.05, 3.63) is 35.4 Å². The van der Waals surface area contributed by atoms with E-state index >= 15 is 0 Å². The normalized spacial score (nSPS) is 12.4. The molecule has 1 aromatic carbocycles. The molecule has 1 aromatic rings. The van der Waals surface area contributed by atoms with Crippen LogP contribution in [0, 0.1) is 0 Å². The standard InChI is InChI=1S/C11H14O3/c1-8(12)2-3-9-4-6-10(7-5-9)11(13)14/h4-8,12H,2-3H2,1H3,(H,13,14). The summed E-state index contributed by atoms with van der Waals surface area (Å²) < 4.78 is 0. The van der Waals surface area contributed by atoms with E-state index in [1.165, 1.54) is 0 Å². The van der Waals surface area contributed by atoms with Crippen molar-refractivity contribution >= 4 is 5.97 Å². The molecule has 0 aliphatic carbocycles. The van der Waals surface area contributed by atoms with E-state index in [1.54, 1.807) is 31.2 Å². The van der Waals surface area contributed by atoms with Gasteiger partial charge in [0.05, 0.1) is 11.7 Å². The Hall–Kier alpha value is -1.35. The minimum atomic E-state index is -0.910. The summed E-state index contributed by atoms with van der Waals surface area (Å²) in [5.74, 6) is -0.910. The maximum atomic E-state index is 10.5. The second kappa shape index (κ2) is 4.77. The number of aliphatic hydroxyl groups is 1. The lowest BCUT2D eigenvalue weighted by Crippen LogP contribution is -2.02. The van der Waals surface area contributed by atoms with Crippen molar-refractivity contribution in [3.8, 4) is 0 Å². The molecule has 0 fully saturated rings. The number of carboxylic acid groups (broad SMARTS) is 1. The highest BCUT2D eigenvalue weighted by Gasteiger charge is 2.02. The Morgan fingerprint density at radius 2 is 1.93 bits per heavy atom. The van der Waals surface area contributed by atoms with Gasteiger partial charge in [0, 0.05) is 0 Å². The van der Waals surface area contributed by atoms with Gasteiger partial charge in [0.15, 0.2) is 0 Å². The minimum Gasteiger partial charge on any atom is -0.478 e. The van der Waals surface area contributed by atoms with Crippen LogP contribution in [0.5, 0.6) is 0 Å². The molecule has 0 aliphatic rings. The molecule has 3 heteroatoms. The largest absolute Gasteiger partial charge is 0.478 e. The van der Waals surface area contributed by atoms with Gasteiger partial charge in [-0.25, -0.2) is 4.79 Å². The first-order valence-electron chi connectivity index (χ1n) is 4.60. The summed E-state index contributed by atoms with van der Waals surface area (Å²) in [6.07, 6.45) is 1.17. The van der Waals surface area contributed by atoms with E-state index in [4.69, 9.17) is 10.2 Å². The van der Waals surface area contributed by atoms with Crippen molar-refractivity contribution in [1.29, 1.82) is 0 Å². The van der Waals surface area contributed by atoms with Crippen molar-refractivity contribution in [2.45, 2.75) is 25.9 Å². The summed E-state index contributed by atoms with van der Waals surface area (Å²) in [7, 11) is 0. The Bertz CT molecular complexity index is 301. The number of aliphatic hydroxyl groups excluding tert-OH is 1. The van der Waals surface area contributed by atoms with E-state index < -0.39 is 5.97 Å². The van der Waals surface area contributed by atoms with E-state index in [0.29, 0.717) is 12.0 Å². The van der Waals surface area contributed by atoms with Crippen LogP contribution in [-0.4, -0.2) is 22.3 Å². The minimum absolute atomic E-state index is 0.297. The van der Waals surface area contributed by atoms with Crippen LogP contribution >= 0.6 is 0 Å². The van der Waals surface area contributed by atoms with E-state index in [9.17, 15) is 4.79 Å². The maximum Gasteiger partial charge on any atom is 0.335 e. The Kier molecular flexibility index (Phi) is 3.65. The van der Waals surface area contributed by atoms with Crippen LogP contribution in [0.4, 0.5) is 0 Å². The summed E-state index contributed by atoms with van der Waals surface area (Å²) >= 11 is 0. The molecule has 14 heavy (non-hydrogen) atoms. The fraction of sp³-hybridized carbons (Fsp3) is 0.364. The topological polar surface area (TPSA) is 57.5 Å². The molecule has 1 unspecified atom stereocenters. The highest BCUT2D eigenvalue weighted by molar-refractivity contribution is 5.87. The molecule has 0 spiro atoms. The Morgan fingerprint density at radius 3 is 2.36 bits per heavy atom. The van der Waals surface area contributed by atoms with Gasteiger partial charge >= 0.3 is 5.97 Å². The molecular formula is C11H14O3. The van der Waals surface area contributed by atoms with Crippen molar-refractivity contribution < 1.29 is 15.0 Å². The van der Waals surface area contributed by atoms with Crippen molar-refractivity contribution in [2.75, 3.05) is 0 Å². The molecule has 0 amide bonds. The van der Waals surface area contributed by atoms with Crippen LogP contribution in [0.3, 0.4) is 0 Å². The molecule has 0 radical (unpaired) electrons. The lowest BCUT2D eigenvalue weighted by Gasteiger charge is -2.04. The van der Waals surface area contributed by atoms with Gasteiger partial charge in [0.2, 0.25) is 0 Å². The van der Waals surface area contributed by atoms with Crippen molar-refractivity contribution in [2.24, 2.45) is 0 Å². The average molecular weight is 194 g/mol. The molecule has 76 valence electrons. The fourth-order valence-corrected chi connectivity index (χ4v) is 1.19. The molecular weight excluding hydrogens is 180 g/mol. The molecule has 0 saturated carbocycles. The first-order chi connectivity index (χ1) is 6.59. The number of benzene rings is 1. The zero-order chi connectivity index (χ0) is 10.6. The zero-order valence-corrected chi connectivity index (χ0v) is 8.10. The molecule has 0 aromatic heterocycles. The van der Waals surface area contributed by atoms with E-state index in [2.05, 4.69) is 0 Å². The lowest BCUT2D eigenvalue weighted by atomic mass is 10.1. The van der Waals surface area contributed by atoms with Crippen LogP contribution in [-0.2, 0) is 6.42 Å². The third-order valence-electron chi connectivity index (χ3n) is 2.05. The van der Waals surface area contributed by atoms with Crippen LogP contribution in [0.25, 0.3) is 0 Å². The summed E-state index contributed by atoms with van der Waals surface area (Å²) in [6, 6.07) is 6.73. The van der Waals surface area contributed by atoms with Gasteiger partial charge in [-0.15, -0.1) is 0 Å². The molecule has 1 rings (SSSR count). The second-order valence-corrected chi connectivity index (χ2v) is 3.39. The van der Waals surface area contributed by atoms with Crippen molar-refractivity contribution in [1.82, 2.24) is 0 Å². The van der Waals surface area contributed by atoms with Crippen LogP contribution in [0.2, 0.25) is 0 Å². The van der Waals surface area contributed by atoms with E-state index in [1.807, 2.05) is 0 Å². The molecule has 3 nitrogen and oxygen atoms in total. The SMILES string of the molecule is CC(O)CCc1ccc(C(=O)O)cc1. The fourth-order valence-electron chi connectivity index (χ4n) is 1.19. The predicted molar refractivity (Wildman–Crippen MR) is 53.4 cm³/mol. The highest BCUT2D eigenvalue weighted by atomic mass is 16.4. The Balaban J connectivity index is 2.60. The average Bonchev–Trinajstić information content (AvgIpc) is 2.15. The summed E-state index contributed by atoms with van der Waals surface area (Å²) in [6.45, 7) is 1.74. The first kappa shape index (κ1) is 10.7. The van der Waals surface area contributed by atoms with Gasteiger partial charge in [-0.05, 0) is 37.5 Å². The number of aromatic carboxylic acids is 1. The highest BCUT2D eigenvalue weighted by Crippen LogP contribution is 2.07. The summed E-state index contributed by atoms with van der Waals surface area (Å²) in [5.41, 5.74) is 1.35. The van der Waals surface area contributed by atoms with Gasteiger partial charge in [0.25, 0.3) is 0 Å². The molecule has 0 heterocycles. The van der Waals surface area contributed by atoms with Gasteiger partial charge in [-0.3, -0.25) is 0 Å². The monoisotopic (exact) mass is 194 g/mol. The van der Waals surface area contributed by atoms with Gasteiger partial charge in [-0.1, -0.05) is 12.1 Å². The first-order valence-corrected chi connectivity index (χ1v) is 4.60. The van der Waals surface area contributed by atoms with Crippen LogP contribution in [0.15, 0.2) is 24.3 Å². The number of rotatable bonds is 4. The summed E-state index contributed by atoms with van der Waals surface area (Å²) in [4.78, 5) is 10.5. The number of hydrogen-bond acceptors (Lipinski definition) is 2. The number of carbonyl (C=O) groups is 1. The number of hydrogen-bond donors (Lipinski definition) is 2. The Labute approximate surface area is 83.0 Å². The molecule has 0 saturated heterocycles. The van der Waals surface area contributed by atoms with Crippen molar-refractivity contribution in [3.63, 3.8) is 0 Å². The van der Waals surface area contributed by atoms with E-state index in [-0.39, 0.29) is 6.10 Å². The Morgan fingerprint density at radius 1 is 1.36 bits per heavy atom. The third-order valence-corrected chi connectivity index (χ3v) is 2.05. The molecule has 0 aliphatic heterocycles. The number of carboxylic acids is 1. The third kappa shape index (κ3) is 3.18. The predicted octanol–water partition coefficient (Wildman–Crippen LogP) is 1.70. The van der Waals surface area contributed by atoms with E-state index in [0.717, 1.165) is 12.0 Å². The van der Waals surface area contributed by atoms with Crippen LogP contribution < -0.4 is 0 Å². The molecule has 0 bridgehead atoms. The van der Waals surface area contributed by atoms with Gasteiger partial charge < -0.3 is 10.2 Å². The zero-order valence-electron chi connectivity index (χ0n) is 8.10. The molecule has 1 atom stereocenters. The molecule has 2 N–H and O–H groups in total. The second-order valence-electron chi connectivity index (χ2n) is 3.39. The summed E-state index contributed by atoms with van der Waals surface area (Å²) in [5, 5.41) is 17.7. The maximum absolute atomic E-state index is 10.5. The van der Waals surface area contributed by atoms with Crippen LogP contribution in [0.1, 0.15) is 29.3 Å².